The van der Waals surface area contributed by atoms with Gasteiger partial charge < -0.3 is 10.5 Å². The Labute approximate surface area is 70.1 Å². The van der Waals surface area contributed by atoms with E-state index in [4.69, 9.17) is 10.5 Å². The Kier molecular flexibility index (Phi) is 1.59. The summed E-state index contributed by atoms with van der Waals surface area (Å²) in [4.78, 5) is 10.9. The lowest BCUT2D eigenvalue weighted by molar-refractivity contribution is 0.0999. The van der Waals surface area contributed by atoms with Gasteiger partial charge in [-0.15, -0.1) is 0 Å². The van der Waals surface area contributed by atoms with E-state index >= 15 is 0 Å². The van der Waals surface area contributed by atoms with Crippen LogP contribution < -0.4 is 5.73 Å². The van der Waals surface area contributed by atoms with Crippen molar-refractivity contribution in [2.45, 2.75) is 6.10 Å². The first kappa shape index (κ1) is 7.31. The minimum atomic E-state index is -0.388. The van der Waals surface area contributed by atoms with Crippen molar-refractivity contribution < 1.29 is 9.53 Å². The van der Waals surface area contributed by atoms with Gasteiger partial charge in [-0.2, -0.15) is 0 Å². The van der Waals surface area contributed by atoms with Gasteiger partial charge in [0.1, 0.15) is 6.10 Å². The fourth-order valence-electron chi connectivity index (χ4n) is 1.23. The predicted octanol–water partition coefficient (Wildman–Crippen LogP) is 0.857. The highest BCUT2D eigenvalue weighted by Crippen LogP contribution is 2.31. The maximum absolute atomic E-state index is 10.9. The molecule has 2 rings (SSSR count). The molecule has 3 heteroatoms. The van der Waals surface area contributed by atoms with Crippen molar-refractivity contribution >= 4 is 5.91 Å². The normalized spacial score (nSPS) is 20.5. The molecule has 1 aromatic rings. The molecule has 1 aromatic carbocycles. The fourth-order valence-corrected chi connectivity index (χ4v) is 1.23. The molecule has 1 aliphatic rings. The van der Waals surface area contributed by atoms with Gasteiger partial charge in [0, 0.05) is 5.56 Å². The first-order valence-electron chi connectivity index (χ1n) is 3.79. The maximum Gasteiger partial charge on any atom is 0.249 e. The topological polar surface area (TPSA) is 55.6 Å². The lowest BCUT2D eigenvalue weighted by Gasteiger charge is -2.01. The third-order valence-electron chi connectivity index (χ3n) is 1.91. The molecule has 1 aliphatic heterocycles. The molecule has 0 radical (unpaired) electrons. The number of carbonyl (C=O) groups excluding carboxylic acids is 1. The number of amides is 1. The standard InChI is InChI=1S/C9H9NO2/c10-9(11)7-4-2-1-3-6(7)8-5-12-8/h1-4,8H,5H2,(H2,10,11). The van der Waals surface area contributed by atoms with E-state index in [9.17, 15) is 4.79 Å². The second-order valence-corrected chi connectivity index (χ2v) is 2.77. The molecule has 0 bridgehead atoms. The van der Waals surface area contributed by atoms with E-state index < -0.39 is 0 Å². The molecule has 0 aromatic heterocycles. The second-order valence-electron chi connectivity index (χ2n) is 2.77. The highest BCUT2D eigenvalue weighted by atomic mass is 16.6. The van der Waals surface area contributed by atoms with Crippen LogP contribution in [0, 0.1) is 0 Å². The summed E-state index contributed by atoms with van der Waals surface area (Å²) in [5.41, 5.74) is 6.66. The average Bonchev–Trinajstić information content (AvgIpc) is 2.87. The number of rotatable bonds is 2. The summed E-state index contributed by atoms with van der Waals surface area (Å²) in [6, 6.07) is 7.27. The predicted molar refractivity (Wildman–Crippen MR) is 43.7 cm³/mol. The van der Waals surface area contributed by atoms with Crippen LogP contribution in [0.2, 0.25) is 0 Å². The van der Waals surface area contributed by atoms with Crippen LogP contribution in [0.5, 0.6) is 0 Å². The summed E-state index contributed by atoms with van der Waals surface area (Å²) in [7, 11) is 0. The Morgan fingerprint density at radius 3 is 2.75 bits per heavy atom. The summed E-state index contributed by atoms with van der Waals surface area (Å²) in [6.45, 7) is 0.699. The van der Waals surface area contributed by atoms with Gasteiger partial charge in [-0.05, 0) is 11.6 Å². The van der Waals surface area contributed by atoms with Crippen molar-refractivity contribution in [1.29, 1.82) is 0 Å². The lowest BCUT2D eigenvalue weighted by Crippen LogP contribution is -2.13. The number of epoxide rings is 1. The van der Waals surface area contributed by atoms with E-state index in [2.05, 4.69) is 0 Å². The van der Waals surface area contributed by atoms with Crippen molar-refractivity contribution in [2.24, 2.45) is 5.73 Å². The van der Waals surface area contributed by atoms with Gasteiger partial charge in [0.2, 0.25) is 5.91 Å². The van der Waals surface area contributed by atoms with E-state index in [0.717, 1.165) is 5.56 Å². The molecule has 62 valence electrons. The highest BCUT2D eigenvalue weighted by Gasteiger charge is 2.28. The van der Waals surface area contributed by atoms with Crippen molar-refractivity contribution in [3.8, 4) is 0 Å². The molecule has 1 atom stereocenters. The van der Waals surface area contributed by atoms with Gasteiger partial charge in [0.05, 0.1) is 6.61 Å². The monoisotopic (exact) mass is 163 g/mol. The van der Waals surface area contributed by atoms with E-state index in [1.807, 2.05) is 12.1 Å². The third-order valence-corrected chi connectivity index (χ3v) is 1.91. The Morgan fingerprint density at radius 2 is 2.17 bits per heavy atom. The molecule has 3 nitrogen and oxygen atoms in total. The number of primary amides is 1. The minimum absolute atomic E-state index is 0.0914. The summed E-state index contributed by atoms with van der Waals surface area (Å²) >= 11 is 0. The zero-order valence-electron chi connectivity index (χ0n) is 6.49. The zero-order valence-corrected chi connectivity index (χ0v) is 6.49. The summed E-state index contributed by atoms with van der Waals surface area (Å²) in [5, 5.41) is 0. The smallest absolute Gasteiger partial charge is 0.249 e. The first-order chi connectivity index (χ1) is 5.79. The molecule has 1 heterocycles. The number of ether oxygens (including phenoxy) is 1. The molecular weight excluding hydrogens is 154 g/mol. The van der Waals surface area contributed by atoms with Crippen LogP contribution >= 0.6 is 0 Å². The van der Waals surface area contributed by atoms with E-state index in [0.29, 0.717) is 12.2 Å². The summed E-state index contributed by atoms with van der Waals surface area (Å²) < 4.78 is 5.08. The molecule has 0 aliphatic carbocycles. The molecule has 0 saturated carbocycles. The molecule has 2 N–H and O–H groups in total. The number of carbonyl (C=O) groups is 1. The van der Waals surface area contributed by atoms with E-state index in [1.54, 1.807) is 12.1 Å². The van der Waals surface area contributed by atoms with Crippen LogP contribution in [-0.2, 0) is 4.74 Å². The van der Waals surface area contributed by atoms with Gasteiger partial charge >= 0.3 is 0 Å². The largest absolute Gasteiger partial charge is 0.368 e. The van der Waals surface area contributed by atoms with E-state index in [1.165, 1.54) is 0 Å². The molecule has 1 fully saturated rings. The third kappa shape index (κ3) is 1.19. The van der Waals surface area contributed by atoms with Gasteiger partial charge in [-0.3, -0.25) is 4.79 Å². The van der Waals surface area contributed by atoms with Crippen LogP contribution in [0.3, 0.4) is 0 Å². The Bertz CT molecular complexity index is 318. The number of nitrogens with two attached hydrogens (primary N) is 1. The molecule has 1 unspecified atom stereocenters. The number of benzene rings is 1. The van der Waals surface area contributed by atoms with Gasteiger partial charge in [0.25, 0.3) is 0 Å². The van der Waals surface area contributed by atoms with Crippen LogP contribution in [0.4, 0.5) is 0 Å². The number of hydrogen-bond acceptors (Lipinski definition) is 2. The molecule has 1 amide bonds. The van der Waals surface area contributed by atoms with Crippen LogP contribution in [0.1, 0.15) is 22.0 Å². The van der Waals surface area contributed by atoms with Crippen LogP contribution in [0.15, 0.2) is 24.3 Å². The van der Waals surface area contributed by atoms with Gasteiger partial charge in [-0.1, -0.05) is 18.2 Å². The second kappa shape index (κ2) is 2.60. The zero-order chi connectivity index (χ0) is 8.55. The maximum atomic E-state index is 10.9. The Hall–Kier alpha value is -1.35. The lowest BCUT2D eigenvalue weighted by atomic mass is 10.0. The summed E-state index contributed by atoms with van der Waals surface area (Å²) in [6.07, 6.45) is 0.0914. The quantitative estimate of drug-likeness (QED) is 0.657. The molecular formula is C9H9NO2. The Morgan fingerprint density at radius 1 is 1.50 bits per heavy atom. The number of hydrogen-bond donors (Lipinski definition) is 1. The molecule has 0 spiro atoms. The Balaban J connectivity index is 2.43. The van der Waals surface area contributed by atoms with Crippen LogP contribution in [-0.4, -0.2) is 12.5 Å². The van der Waals surface area contributed by atoms with Crippen molar-refractivity contribution in [3.05, 3.63) is 35.4 Å². The molecule has 1 saturated heterocycles. The summed E-state index contributed by atoms with van der Waals surface area (Å²) in [5.74, 6) is -0.388. The molecule has 12 heavy (non-hydrogen) atoms. The van der Waals surface area contributed by atoms with Gasteiger partial charge in [-0.25, -0.2) is 0 Å². The average molecular weight is 163 g/mol. The fraction of sp³-hybridized carbons (Fsp3) is 0.222. The van der Waals surface area contributed by atoms with Crippen molar-refractivity contribution in [1.82, 2.24) is 0 Å². The van der Waals surface area contributed by atoms with Crippen molar-refractivity contribution in [2.75, 3.05) is 6.61 Å². The highest BCUT2D eigenvalue weighted by molar-refractivity contribution is 5.94. The van der Waals surface area contributed by atoms with Gasteiger partial charge in [0.15, 0.2) is 0 Å². The van der Waals surface area contributed by atoms with Crippen LogP contribution in [0.25, 0.3) is 0 Å². The SMILES string of the molecule is NC(=O)c1ccccc1C1CO1. The van der Waals surface area contributed by atoms with E-state index in [-0.39, 0.29) is 12.0 Å². The van der Waals surface area contributed by atoms with Crippen molar-refractivity contribution in [3.63, 3.8) is 0 Å². The first-order valence-corrected chi connectivity index (χ1v) is 3.79. The minimum Gasteiger partial charge on any atom is -0.368 e.